The number of aliphatic hydroxyl groups is 1. The summed E-state index contributed by atoms with van der Waals surface area (Å²) in [4.78, 5) is 0. The van der Waals surface area contributed by atoms with Crippen LogP contribution in [0.1, 0.15) is 104 Å². The molecular weight excluding hydrogens is 385 g/mol. The molecule has 0 radical (unpaired) electrons. The van der Waals surface area contributed by atoms with Gasteiger partial charge in [0.25, 0.3) is 0 Å². The Morgan fingerprint density at radius 1 is 1.03 bits per heavy atom. The van der Waals surface area contributed by atoms with Gasteiger partial charge >= 0.3 is 6.18 Å². The number of hydrogen-bond donors (Lipinski definition) is 1. The normalized spacial score (nSPS) is 46.0. The van der Waals surface area contributed by atoms with Crippen LogP contribution in [0.15, 0.2) is 11.6 Å². The van der Waals surface area contributed by atoms with Gasteiger partial charge in [-0.05, 0) is 105 Å². The highest BCUT2D eigenvalue weighted by Gasteiger charge is 2.59. The quantitative estimate of drug-likeness (QED) is 0.351. The topological polar surface area (TPSA) is 20.2 Å². The van der Waals surface area contributed by atoms with Gasteiger partial charge in [0, 0.05) is 6.42 Å². The van der Waals surface area contributed by atoms with Crippen molar-refractivity contribution in [3.05, 3.63) is 11.6 Å². The molecule has 4 heteroatoms. The van der Waals surface area contributed by atoms with Gasteiger partial charge in [-0.3, -0.25) is 0 Å². The average molecular weight is 427 g/mol. The smallest absolute Gasteiger partial charge is 0.389 e. The van der Waals surface area contributed by atoms with E-state index in [9.17, 15) is 18.3 Å². The molecule has 4 aliphatic rings. The fourth-order valence-electron chi connectivity index (χ4n) is 8.31. The van der Waals surface area contributed by atoms with Gasteiger partial charge in [0.05, 0.1) is 5.60 Å². The lowest BCUT2D eigenvalue weighted by Crippen LogP contribution is -2.52. The Labute approximate surface area is 180 Å². The first-order chi connectivity index (χ1) is 14.0. The van der Waals surface area contributed by atoms with Crippen LogP contribution in [0, 0.1) is 34.5 Å². The van der Waals surface area contributed by atoms with Crippen LogP contribution in [-0.2, 0) is 0 Å². The maximum Gasteiger partial charge on any atom is 0.389 e. The SMILES string of the molecule is CC[C@]1(O)CCC2(C)C(=CCC3C2CCC2(C)C3CC[C@@H]2CCCCC(F)(F)F)C1. The zero-order valence-corrected chi connectivity index (χ0v) is 19.2. The Morgan fingerprint density at radius 2 is 1.80 bits per heavy atom. The lowest BCUT2D eigenvalue weighted by atomic mass is 9.46. The van der Waals surface area contributed by atoms with Crippen LogP contribution in [0.25, 0.3) is 0 Å². The molecule has 7 atom stereocenters. The number of hydrogen-bond acceptors (Lipinski definition) is 1. The van der Waals surface area contributed by atoms with E-state index in [-0.39, 0.29) is 11.8 Å². The Bertz CT molecular complexity index is 670. The van der Waals surface area contributed by atoms with Crippen molar-refractivity contribution in [3.8, 4) is 0 Å². The summed E-state index contributed by atoms with van der Waals surface area (Å²) in [6, 6.07) is 0. The van der Waals surface area contributed by atoms with Gasteiger partial charge in [0.1, 0.15) is 0 Å². The summed E-state index contributed by atoms with van der Waals surface area (Å²) in [5.74, 6) is 2.78. The van der Waals surface area contributed by atoms with Crippen molar-refractivity contribution in [3.63, 3.8) is 0 Å². The molecule has 5 unspecified atom stereocenters. The number of fused-ring (bicyclic) bond motifs is 5. The number of unbranched alkanes of at least 4 members (excludes halogenated alkanes) is 1. The molecule has 30 heavy (non-hydrogen) atoms. The zero-order chi connectivity index (χ0) is 21.8. The van der Waals surface area contributed by atoms with Gasteiger partial charge in [-0.25, -0.2) is 0 Å². The predicted molar refractivity (Wildman–Crippen MR) is 115 cm³/mol. The first-order valence-electron chi connectivity index (χ1n) is 12.5. The van der Waals surface area contributed by atoms with Crippen LogP contribution in [-0.4, -0.2) is 16.9 Å². The molecule has 172 valence electrons. The molecule has 0 aromatic rings. The third kappa shape index (κ3) is 3.88. The molecule has 1 N–H and O–H groups in total. The number of allylic oxidation sites excluding steroid dienone is 1. The van der Waals surface area contributed by atoms with Gasteiger partial charge in [-0.15, -0.1) is 0 Å². The third-order valence-corrected chi connectivity index (χ3v) is 10.4. The van der Waals surface area contributed by atoms with Crippen molar-refractivity contribution in [1.82, 2.24) is 0 Å². The van der Waals surface area contributed by atoms with Gasteiger partial charge in [0.2, 0.25) is 0 Å². The minimum Gasteiger partial charge on any atom is -0.390 e. The summed E-state index contributed by atoms with van der Waals surface area (Å²) < 4.78 is 37.5. The second-order valence-corrected chi connectivity index (χ2v) is 11.7. The summed E-state index contributed by atoms with van der Waals surface area (Å²) >= 11 is 0. The highest BCUT2D eigenvalue weighted by molar-refractivity contribution is 5.27. The van der Waals surface area contributed by atoms with Gasteiger partial charge < -0.3 is 5.11 Å². The largest absolute Gasteiger partial charge is 0.390 e. The molecular formula is C26H41F3O. The molecule has 4 aliphatic carbocycles. The Kier molecular flexibility index (Phi) is 5.91. The van der Waals surface area contributed by atoms with Crippen LogP contribution in [0.5, 0.6) is 0 Å². The highest BCUT2D eigenvalue weighted by Crippen LogP contribution is 2.67. The molecule has 4 rings (SSSR count). The molecule has 0 amide bonds. The van der Waals surface area contributed by atoms with Gasteiger partial charge in [-0.2, -0.15) is 13.2 Å². The van der Waals surface area contributed by atoms with Crippen LogP contribution >= 0.6 is 0 Å². The fourth-order valence-corrected chi connectivity index (χ4v) is 8.31. The summed E-state index contributed by atoms with van der Waals surface area (Å²) in [6.07, 6.45) is 9.68. The predicted octanol–water partition coefficient (Wildman–Crippen LogP) is 7.83. The Hall–Kier alpha value is -0.510. The first kappa shape index (κ1) is 22.7. The summed E-state index contributed by atoms with van der Waals surface area (Å²) in [6.45, 7) is 7.04. The molecule has 0 spiro atoms. The van der Waals surface area contributed by atoms with E-state index in [1.54, 1.807) is 0 Å². The molecule has 0 heterocycles. The fraction of sp³-hybridized carbons (Fsp3) is 0.923. The van der Waals surface area contributed by atoms with Crippen molar-refractivity contribution in [2.75, 3.05) is 0 Å². The standard InChI is InChI=1S/C26H41F3O/c1-4-25(30)16-15-24(3)19(17-25)8-10-20-21-11-9-18(7-5-6-13-26(27,28)29)23(21,2)14-12-22(20)24/h8,18,20-22,30H,4-7,9-17H2,1-3H3/t18-,20?,21?,22?,23?,24?,25-/m0/s1. The molecule has 0 saturated heterocycles. The maximum absolute atomic E-state index is 12.5. The van der Waals surface area contributed by atoms with Crippen LogP contribution in [0.3, 0.4) is 0 Å². The van der Waals surface area contributed by atoms with Crippen molar-refractivity contribution >= 4 is 0 Å². The highest BCUT2D eigenvalue weighted by atomic mass is 19.4. The first-order valence-corrected chi connectivity index (χ1v) is 12.5. The summed E-state index contributed by atoms with van der Waals surface area (Å²) in [7, 11) is 0. The monoisotopic (exact) mass is 426 g/mol. The molecule has 0 aromatic heterocycles. The minimum absolute atomic E-state index is 0.246. The number of halogens is 3. The van der Waals surface area contributed by atoms with Crippen LogP contribution in [0.4, 0.5) is 13.2 Å². The van der Waals surface area contributed by atoms with Gasteiger partial charge in [0.15, 0.2) is 0 Å². The lowest BCUT2D eigenvalue weighted by Gasteiger charge is -2.59. The third-order valence-electron chi connectivity index (χ3n) is 10.4. The van der Waals surface area contributed by atoms with E-state index in [0.717, 1.165) is 62.7 Å². The van der Waals surface area contributed by atoms with E-state index in [1.807, 2.05) is 0 Å². The lowest BCUT2D eigenvalue weighted by molar-refractivity contribution is -0.135. The molecule has 0 bridgehead atoms. The maximum atomic E-state index is 12.5. The van der Waals surface area contributed by atoms with E-state index in [2.05, 4.69) is 26.8 Å². The second kappa shape index (κ2) is 7.81. The van der Waals surface area contributed by atoms with E-state index in [0.29, 0.717) is 11.3 Å². The van der Waals surface area contributed by atoms with Crippen molar-refractivity contribution in [2.24, 2.45) is 34.5 Å². The van der Waals surface area contributed by atoms with Crippen molar-refractivity contribution < 1.29 is 18.3 Å². The molecule has 1 nitrogen and oxygen atoms in total. The second-order valence-electron chi connectivity index (χ2n) is 11.7. The van der Waals surface area contributed by atoms with E-state index in [1.165, 1.54) is 31.3 Å². The van der Waals surface area contributed by atoms with Crippen molar-refractivity contribution in [1.29, 1.82) is 0 Å². The summed E-state index contributed by atoms with van der Waals surface area (Å²) in [5.41, 5.74) is 1.58. The van der Waals surface area contributed by atoms with E-state index < -0.39 is 18.2 Å². The average Bonchev–Trinajstić information content (AvgIpc) is 3.02. The van der Waals surface area contributed by atoms with Crippen molar-refractivity contribution in [2.45, 2.75) is 116 Å². The van der Waals surface area contributed by atoms with Crippen LogP contribution in [0.2, 0.25) is 0 Å². The molecule has 3 fully saturated rings. The Balaban J connectivity index is 1.45. The molecule has 3 saturated carbocycles. The Morgan fingerprint density at radius 3 is 2.50 bits per heavy atom. The minimum atomic E-state index is -4.01. The van der Waals surface area contributed by atoms with Crippen LogP contribution < -0.4 is 0 Å². The molecule has 0 aromatic carbocycles. The number of alkyl halides is 3. The number of rotatable bonds is 5. The van der Waals surface area contributed by atoms with Gasteiger partial charge in [-0.1, -0.05) is 38.8 Å². The zero-order valence-electron chi connectivity index (χ0n) is 19.2. The van der Waals surface area contributed by atoms with E-state index in [4.69, 9.17) is 0 Å². The molecule has 0 aliphatic heterocycles. The van der Waals surface area contributed by atoms with E-state index >= 15 is 0 Å². The summed E-state index contributed by atoms with van der Waals surface area (Å²) in [5, 5.41) is 10.9.